The number of nitrogens with zero attached hydrogens (tertiary/aromatic N) is 1. The zero-order chi connectivity index (χ0) is 27.4. The Bertz CT molecular complexity index is 1460. The topological polar surface area (TPSA) is 92.8 Å². The number of methoxy groups -OCH3 is 1. The molecule has 0 spiro atoms. The van der Waals surface area contributed by atoms with Crippen molar-refractivity contribution in [3.8, 4) is 0 Å². The van der Waals surface area contributed by atoms with Crippen molar-refractivity contribution >= 4 is 45.7 Å². The van der Waals surface area contributed by atoms with Crippen LogP contribution in [0.4, 0.5) is 10.7 Å². The number of esters is 1. The van der Waals surface area contributed by atoms with Crippen molar-refractivity contribution in [3.05, 3.63) is 80.7 Å². The minimum Gasteiger partial charge on any atom is -0.465 e. The van der Waals surface area contributed by atoms with Gasteiger partial charge in [0.2, 0.25) is 0 Å². The van der Waals surface area contributed by atoms with Crippen molar-refractivity contribution in [2.75, 3.05) is 17.3 Å². The van der Waals surface area contributed by atoms with Gasteiger partial charge in [0, 0.05) is 10.4 Å². The van der Waals surface area contributed by atoms with Gasteiger partial charge in [0.25, 0.3) is 17.7 Å². The van der Waals surface area contributed by atoms with E-state index in [0.717, 1.165) is 34.6 Å². The van der Waals surface area contributed by atoms with Crippen LogP contribution in [0, 0.1) is 18.3 Å². The van der Waals surface area contributed by atoms with Gasteiger partial charge >= 0.3 is 5.97 Å². The summed E-state index contributed by atoms with van der Waals surface area (Å²) >= 11 is 1.42. The van der Waals surface area contributed by atoms with Gasteiger partial charge in [-0.25, -0.2) is 9.69 Å². The van der Waals surface area contributed by atoms with Crippen LogP contribution in [0.15, 0.2) is 42.5 Å². The second kappa shape index (κ2) is 9.51. The lowest BCUT2D eigenvalue weighted by molar-refractivity contribution is 0.0600. The van der Waals surface area contributed by atoms with Crippen LogP contribution in [0.5, 0.6) is 0 Å². The number of benzene rings is 2. The zero-order valence-corrected chi connectivity index (χ0v) is 23.0. The smallest absolute Gasteiger partial charge is 0.341 e. The Kier molecular flexibility index (Phi) is 6.47. The van der Waals surface area contributed by atoms with Crippen LogP contribution in [0.1, 0.15) is 84.6 Å². The molecule has 3 aromatic rings. The molecule has 5 rings (SSSR count). The van der Waals surface area contributed by atoms with E-state index in [2.05, 4.69) is 26.1 Å². The first-order valence-corrected chi connectivity index (χ1v) is 13.5. The summed E-state index contributed by atoms with van der Waals surface area (Å²) < 4.78 is 5.07. The summed E-state index contributed by atoms with van der Waals surface area (Å²) in [6.07, 6.45) is 2.56. The monoisotopic (exact) mass is 530 g/mol. The highest BCUT2D eigenvalue weighted by Crippen LogP contribution is 2.44. The number of aryl methyl sites for hydroxylation is 1. The molecule has 2 aliphatic rings. The lowest BCUT2D eigenvalue weighted by Gasteiger charge is -2.33. The molecule has 196 valence electrons. The number of ether oxygens (including phenoxy) is 1. The molecular weight excluding hydrogens is 500 g/mol. The summed E-state index contributed by atoms with van der Waals surface area (Å²) in [7, 11) is 1.34. The predicted octanol–water partition coefficient (Wildman–Crippen LogP) is 6.05. The molecule has 2 heterocycles. The number of hydrogen-bond donors (Lipinski definition) is 1. The molecular formula is C30H30N2O5S. The average molecular weight is 531 g/mol. The molecule has 2 aromatic carbocycles. The fourth-order valence-corrected chi connectivity index (χ4v) is 6.62. The molecule has 1 aliphatic carbocycles. The third-order valence-corrected chi connectivity index (χ3v) is 8.78. The molecule has 0 radical (unpaired) electrons. The second-order valence-corrected chi connectivity index (χ2v) is 12.1. The maximum absolute atomic E-state index is 13.4. The van der Waals surface area contributed by atoms with Gasteiger partial charge in [-0.1, -0.05) is 39.0 Å². The van der Waals surface area contributed by atoms with E-state index in [9.17, 15) is 19.2 Å². The SMILES string of the molecule is COC(=O)c1c(NC(=O)c2ccc(C)c(N3C(=O)c4ccccc4C3=O)c2)sc2c1CC[C@H](C(C)(C)C)C2. The van der Waals surface area contributed by atoms with Gasteiger partial charge < -0.3 is 10.1 Å². The molecule has 1 atom stereocenters. The summed E-state index contributed by atoms with van der Waals surface area (Å²) in [4.78, 5) is 54.5. The number of carbonyl (C=O) groups is 4. The molecule has 1 aromatic heterocycles. The van der Waals surface area contributed by atoms with Gasteiger partial charge in [-0.15, -0.1) is 11.3 Å². The van der Waals surface area contributed by atoms with E-state index in [-0.39, 0.29) is 11.0 Å². The first-order chi connectivity index (χ1) is 18.0. The molecule has 3 amide bonds. The molecule has 38 heavy (non-hydrogen) atoms. The van der Waals surface area contributed by atoms with E-state index in [1.165, 1.54) is 18.4 Å². The van der Waals surface area contributed by atoms with Gasteiger partial charge in [-0.3, -0.25) is 14.4 Å². The third-order valence-electron chi connectivity index (χ3n) is 7.61. The molecule has 0 unspecified atom stereocenters. The van der Waals surface area contributed by atoms with Crippen LogP contribution in [0.2, 0.25) is 0 Å². The molecule has 0 saturated carbocycles. The number of imide groups is 1. The molecule has 1 aliphatic heterocycles. The van der Waals surface area contributed by atoms with Crippen molar-refractivity contribution < 1.29 is 23.9 Å². The predicted molar refractivity (Wildman–Crippen MR) is 147 cm³/mol. The Balaban J connectivity index is 1.47. The lowest BCUT2D eigenvalue weighted by atomic mass is 9.72. The zero-order valence-electron chi connectivity index (χ0n) is 22.1. The fraction of sp³-hybridized carbons (Fsp3) is 0.333. The standard InChI is InChI=1S/C30H30N2O5S/c1-16-10-11-17(14-22(16)32-27(34)19-8-6-7-9-20(19)28(32)35)25(33)31-26-24(29(36)37-5)21-13-12-18(30(2,3)4)15-23(21)38-26/h6-11,14,18H,12-13,15H2,1-5H3,(H,31,33)/t18-/m0/s1. The van der Waals surface area contributed by atoms with Crippen molar-refractivity contribution in [2.45, 2.75) is 47.0 Å². The summed E-state index contributed by atoms with van der Waals surface area (Å²) in [5.41, 5.74) is 3.51. The van der Waals surface area contributed by atoms with Crippen LogP contribution >= 0.6 is 11.3 Å². The van der Waals surface area contributed by atoms with E-state index in [1.54, 1.807) is 49.4 Å². The number of carbonyl (C=O) groups excluding carboxylic acids is 4. The normalized spacial score (nSPS) is 16.8. The molecule has 7 nitrogen and oxygen atoms in total. The average Bonchev–Trinajstić information content (AvgIpc) is 3.37. The molecule has 1 N–H and O–H groups in total. The number of fused-ring (bicyclic) bond motifs is 2. The number of hydrogen-bond acceptors (Lipinski definition) is 6. The molecule has 0 saturated heterocycles. The number of nitrogens with one attached hydrogen (secondary N) is 1. The Hall–Kier alpha value is -3.78. The quantitative estimate of drug-likeness (QED) is 0.328. The minimum atomic E-state index is -0.470. The van der Waals surface area contributed by atoms with Crippen molar-refractivity contribution in [1.29, 1.82) is 0 Å². The summed E-state index contributed by atoms with van der Waals surface area (Å²) in [6, 6.07) is 11.6. The van der Waals surface area contributed by atoms with Gasteiger partial charge in [0.15, 0.2) is 0 Å². The van der Waals surface area contributed by atoms with E-state index in [4.69, 9.17) is 4.74 Å². The summed E-state index contributed by atoms with van der Waals surface area (Å²) in [6.45, 7) is 8.46. The van der Waals surface area contributed by atoms with Crippen molar-refractivity contribution in [2.24, 2.45) is 11.3 Å². The van der Waals surface area contributed by atoms with Gasteiger partial charge in [-0.05, 0) is 72.9 Å². The van der Waals surface area contributed by atoms with Crippen molar-refractivity contribution in [3.63, 3.8) is 0 Å². The highest BCUT2D eigenvalue weighted by molar-refractivity contribution is 7.17. The van der Waals surface area contributed by atoms with E-state index in [1.807, 2.05) is 0 Å². The van der Waals surface area contributed by atoms with Crippen LogP contribution in [0.25, 0.3) is 0 Å². The number of thiophene rings is 1. The number of anilines is 2. The molecule has 0 fully saturated rings. The largest absolute Gasteiger partial charge is 0.465 e. The van der Waals surface area contributed by atoms with E-state index < -0.39 is 23.7 Å². The minimum absolute atomic E-state index is 0.138. The van der Waals surface area contributed by atoms with Gasteiger partial charge in [0.1, 0.15) is 5.00 Å². The summed E-state index contributed by atoms with van der Waals surface area (Å²) in [5.74, 6) is -1.26. The first-order valence-electron chi connectivity index (χ1n) is 12.6. The summed E-state index contributed by atoms with van der Waals surface area (Å²) in [5, 5.41) is 3.38. The Morgan fingerprint density at radius 3 is 2.32 bits per heavy atom. The van der Waals surface area contributed by atoms with Crippen LogP contribution < -0.4 is 10.2 Å². The van der Waals surface area contributed by atoms with Gasteiger partial charge in [0.05, 0.1) is 29.5 Å². The van der Waals surface area contributed by atoms with Gasteiger partial charge in [-0.2, -0.15) is 0 Å². The Morgan fingerprint density at radius 2 is 1.71 bits per heavy atom. The van der Waals surface area contributed by atoms with Crippen LogP contribution in [0.3, 0.4) is 0 Å². The Labute approximate surface area is 225 Å². The second-order valence-electron chi connectivity index (χ2n) is 11.0. The van der Waals surface area contributed by atoms with E-state index >= 15 is 0 Å². The molecule has 8 heteroatoms. The first kappa shape index (κ1) is 25.9. The highest BCUT2D eigenvalue weighted by atomic mass is 32.1. The lowest BCUT2D eigenvalue weighted by Crippen LogP contribution is -2.30. The van der Waals surface area contributed by atoms with Crippen molar-refractivity contribution in [1.82, 2.24) is 0 Å². The fourth-order valence-electron chi connectivity index (χ4n) is 5.31. The Morgan fingerprint density at radius 1 is 1.05 bits per heavy atom. The molecule has 0 bridgehead atoms. The maximum Gasteiger partial charge on any atom is 0.341 e. The number of amides is 3. The van der Waals surface area contributed by atoms with E-state index in [0.29, 0.717) is 38.9 Å². The third kappa shape index (κ3) is 4.32. The number of rotatable bonds is 4. The highest BCUT2D eigenvalue weighted by Gasteiger charge is 2.38. The van der Waals surface area contributed by atoms with Crippen LogP contribution in [-0.4, -0.2) is 30.8 Å². The van der Waals surface area contributed by atoms with Crippen LogP contribution in [-0.2, 0) is 17.6 Å². The maximum atomic E-state index is 13.4.